The molecule has 0 amide bonds. The molecule has 2 nitrogen and oxygen atoms in total. The van der Waals surface area contributed by atoms with Crippen molar-refractivity contribution in [3.63, 3.8) is 0 Å². The molecule has 0 saturated heterocycles. The fourth-order valence-electron chi connectivity index (χ4n) is 2.75. The second kappa shape index (κ2) is 4.81. The molecule has 1 aliphatic heterocycles. The summed E-state index contributed by atoms with van der Waals surface area (Å²) in [6.07, 6.45) is 7.05. The molecule has 1 aliphatic carbocycles. The Bertz CT molecular complexity index is 623. The third-order valence-corrected chi connectivity index (χ3v) is 4.37. The molecule has 1 aromatic rings. The predicted octanol–water partition coefficient (Wildman–Crippen LogP) is 4.95. The van der Waals surface area contributed by atoms with E-state index in [1.165, 1.54) is 5.70 Å². The molecule has 0 bridgehead atoms. The number of nitrogens with zero attached hydrogens (tertiary/aromatic N) is 1. The number of aliphatic hydroxyl groups excluding tert-OH is 1. The number of allylic oxidation sites excluding steroid dienone is 3. The van der Waals surface area contributed by atoms with Crippen molar-refractivity contribution in [2.45, 2.75) is 20.3 Å². The summed E-state index contributed by atoms with van der Waals surface area (Å²) in [6.45, 7) is 5.17. The van der Waals surface area contributed by atoms with Gasteiger partial charge in [0.1, 0.15) is 5.76 Å². The molecule has 0 unspecified atom stereocenters. The molecule has 0 fully saturated rings. The summed E-state index contributed by atoms with van der Waals surface area (Å²) in [4.78, 5) is 2.28. The first-order valence-corrected chi connectivity index (χ1v) is 7.61. The highest BCUT2D eigenvalue weighted by molar-refractivity contribution is 9.10. The van der Waals surface area contributed by atoms with Gasteiger partial charge in [0.15, 0.2) is 0 Å². The predicted molar refractivity (Wildman–Crippen MR) is 86.8 cm³/mol. The van der Waals surface area contributed by atoms with Gasteiger partial charge in [-0.15, -0.1) is 0 Å². The van der Waals surface area contributed by atoms with Crippen LogP contribution in [0.3, 0.4) is 0 Å². The molecule has 1 aromatic carbocycles. The Morgan fingerprint density at radius 3 is 2.60 bits per heavy atom. The Balaban J connectivity index is 2.03. The van der Waals surface area contributed by atoms with Crippen LogP contribution in [-0.4, -0.2) is 11.7 Å². The normalized spacial score (nSPS) is 20.8. The zero-order valence-corrected chi connectivity index (χ0v) is 13.3. The highest BCUT2D eigenvalue weighted by Crippen LogP contribution is 2.40. The van der Waals surface area contributed by atoms with Gasteiger partial charge in [-0.25, -0.2) is 0 Å². The molecule has 0 radical (unpaired) electrons. The van der Waals surface area contributed by atoms with Crippen LogP contribution in [0, 0.1) is 5.41 Å². The van der Waals surface area contributed by atoms with E-state index < -0.39 is 0 Å². The van der Waals surface area contributed by atoms with Crippen molar-refractivity contribution in [3.8, 4) is 0 Å². The van der Waals surface area contributed by atoms with E-state index in [-0.39, 0.29) is 5.41 Å². The van der Waals surface area contributed by atoms with E-state index in [1.54, 1.807) is 0 Å². The van der Waals surface area contributed by atoms with Gasteiger partial charge in [-0.3, -0.25) is 0 Å². The van der Waals surface area contributed by atoms with Crippen LogP contribution < -0.4 is 4.90 Å². The van der Waals surface area contributed by atoms with Gasteiger partial charge in [-0.05, 0) is 42.2 Å². The average Bonchev–Trinajstić information content (AvgIpc) is 2.39. The lowest BCUT2D eigenvalue weighted by Gasteiger charge is -2.37. The highest BCUT2D eigenvalue weighted by Gasteiger charge is 2.30. The maximum atomic E-state index is 10.1. The van der Waals surface area contributed by atoms with E-state index in [0.29, 0.717) is 5.76 Å². The molecule has 0 atom stereocenters. The minimum Gasteiger partial charge on any atom is -0.508 e. The smallest absolute Gasteiger partial charge is 0.122 e. The van der Waals surface area contributed by atoms with Crippen molar-refractivity contribution in [2.24, 2.45) is 5.41 Å². The van der Waals surface area contributed by atoms with Gasteiger partial charge in [-0.2, -0.15) is 0 Å². The van der Waals surface area contributed by atoms with Crippen LogP contribution in [0.2, 0.25) is 0 Å². The maximum Gasteiger partial charge on any atom is 0.122 e. The van der Waals surface area contributed by atoms with Crippen molar-refractivity contribution in [1.29, 1.82) is 0 Å². The molecule has 0 spiro atoms. The van der Waals surface area contributed by atoms with E-state index in [2.05, 4.69) is 71.1 Å². The van der Waals surface area contributed by atoms with Crippen molar-refractivity contribution in [3.05, 3.63) is 64.0 Å². The van der Waals surface area contributed by atoms with Gasteiger partial charge in [-0.1, -0.05) is 41.9 Å². The summed E-state index contributed by atoms with van der Waals surface area (Å²) < 4.78 is 1.08. The SMILES string of the molecule is CC1(C)C=CC2=C(C1)N(c1ccc(Br)cc1)CC=C2O. The largest absolute Gasteiger partial charge is 0.508 e. The molecule has 0 aromatic heterocycles. The third-order valence-electron chi connectivity index (χ3n) is 3.84. The number of rotatable bonds is 1. The van der Waals surface area contributed by atoms with Crippen LogP contribution in [0.4, 0.5) is 5.69 Å². The van der Waals surface area contributed by atoms with E-state index in [1.807, 2.05) is 6.08 Å². The number of anilines is 1. The Hall–Kier alpha value is -1.48. The Morgan fingerprint density at radius 1 is 1.20 bits per heavy atom. The standard InChI is InChI=1S/C17H18BrNO/c1-17(2)9-7-14-15(11-17)19(10-8-16(14)20)13-5-3-12(18)4-6-13/h3-9,20H,10-11H2,1-2H3. The number of benzene rings is 1. The number of hydrogen-bond donors (Lipinski definition) is 1. The van der Waals surface area contributed by atoms with Crippen LogP contribution in [0.15, 0.2) is 64.0 Å². The van der Waals surface area contributed by atoms with Gasteiger partial charge in [0, 0.05) is 28.0 Å². The van der Waals surface area contributed by atoms with E-state index in [0.717, 1.165) is 28.7 Å². The Labute approximate surface area is 128 Å². The van der Waals surface area contributed by atoms with Gasteiger partial charge < -0.3 is 10.0 Å². The van der Waals surface area contributed by atoms with Crippen LogP contribution >= 0.6 is 15.9 Å². The number of halogens is 1. The third kappa shape index (κ3) is 2.42. The zero-order chi connectivity index (χ0) is 14.3. The van der Waals surface area contributed by atoms with Gasteiger partial charge >= 0.3 is 0 Å². The quantitative estimate of drug-likeness (QED) is 0.786. The van der Waals surface area contributed by atoms with Crippen LogP contribution in [0.25, 0.3) is 0 Å². The summed E-state index contributed by atoms with van der Waals surface area (Å²) in [7, 11) is 0. The minimum absolute atomic E-state index is 0.129. The molecule has 1 heterocycles. The van der Waals surface area contributed by atoms with Crippen molar-refractivity contribution >= 4 is 21.6 Å². The van der Waals surface area contributed by atoms with Crippen LogP contribution in [0.1, 0.15) is 20.3 Å². The molecule has 3 heteroatoms. The van der Waals surface area contributed by atoms with E-state index >= 15 is 0 Å². The highest BCUT2D eigenvalue weighted by atomic mass is 79.9. The maximum absolute atomic E-state index is 10.1. The molecule has 2 aliphatic rings. The van der Waals surface area contributed by atoms with Crippen LogP contribution in [0.5, 0.6) is 0 Å². The van der Waals surface area contributed by atoms with Crippen molar-refractivity contribution in [2.75, 3.05) is 11.4 Å². The average molecular weight is 332 g/mol. The number of hydrogen-bond acceptors (Lipinski definition) is 2. The fourth-order valence-corrected chi connectivity index (χ4v) is 3.01. The Kier molecular flexibility index (Phi) is 3.25. The summed E-state index contributed by atoms with van der Waals surface area (Å²) >= 11 is 3.47. The number of aliphatic hydroxyl groups is 1. The summed E-state index contributed by atoms with van der Waals surface area (Å²) in [5.74, 6) is 0.403. The topological polar surface area (TPSA) is 23.5 Å². The molecule has 104 valence electrons. The van der Waals surface area contributed by atoms with Crippen molar-refractivity contribution in [1.82, 2.24) is 0 Å². The zero-order valence-electron chi connectivity index (χ0n) is 11.7. The summed E-state index contributed by atoms with van der Waals surface area (Å²) in [5.41, 5.74) is 3.46. The van der Waals surface area contributed by atoms with E-state index in [4.69, 9.17) is 0 Å². The molecule has 0 saturated carbocycles. The second-order valence-corrected chi connectivity index (χ2v) is 6.95. The fraction of sp³-hybridized carbons (Fsp3) is 0.294. The molecular weight excluding hydrogens is 314 g/mol. The molecule has 20 heavy (non-hydrogen) atoms. The minimum atomic E-state index is 0.129. The lowest BCUT2D eigenvalue weighted by Crippen LogP contribution is -2.32. The van der Waals surface area contributed by atoms with Crippen LogP contribution in [-0.2, 0) is 0 Å². The summed E-state index contributed by atoms with van der Waals surface area (Å²) in [6, 6.07) is 8.32. The second-order valence-electron chi connectivity index (χ2n) is 6.04. The van der Waals surface area contributed by atoms with Gasteiger partial charge in [0.25, 0.3) is 0 Å². The van der Waals surface area contributed by atoms with Gasteiger partial charge in [0.2, 0.25) is 0 Å². The lowest BCUT2D eigenvalue weighted by atomic mass is 9.80. The van der Waals surface area contributed by atoms with Crippen molar-refractivity contribution < 1.29 is 5.11 Å². The lowest BCUT2D eigenvalue weighted by molar-refractivity contribution is 0.406. The Morgan fingerprint density at radius 2 is 1.90 bits per heavy atom. The molecule has 1 N–H and O–H groups in total. The monoisotopic (exact) mass is 331 g/mol. The first-order valence-electron chi connectivity index (χ1n) is 6.81. The van der Waals surface area contributed by atoms with E-state index in [9.17, 15) is 5.11 Å². The van der Waals surface area contributed by atoms with Gasteiger partial charge in [0.05, 0.1) is 0 Å². The molecular formula is C17H18BrNO. The summed E-state index contributed by atoms with van der Waals surface area (Å²) in [5, 5.41) is 10.1. The first kappa shape index (κ1) is 13.5. The first-order chi connectivity index (χ1) is 9.46. The molecule has 3 rings (SSSR count).